The number of allylic oxidation sites excluding steroid dienone is 1. The van der Waals surface area contributed by atoms with Crippen LogP contribution >= 0.6 is 7.82 Å². The van der Waals surface area contributed by atoms with E-state index in [4.69, 9.17) is 13.6 Å². The number of phosphoric acid groups is 1. The van der Waals surface area contributed by atoms with Gasteiger partial charge in [-0.3, -0.25) is 0 Å². The standard InChI is InChI=1S/C21H19O4P/c1-18(17-19-11-5-2-6-12-19)23-26(22,24-20-13-7-3-8-14-20)25-21-15-9-4-10-16-21/h2-16H,1,17H2. The molecule has 0 saturated heterocycles. The Balaban J connectivity index is 1.77. The highest BCUT2D eigenvalue weighted by Crippen LogP contribution is 2.51. The third kappa shape index (κ3) is 5.27. The monoisotopic (exact) mass is 366 g/mol. The SMILES string of the molecule is C=C(Cc1ccccc1)OP(=O)(Oc1ccccc1)Oc1ccccc1. The molecule has 3 aromatic rings. The predicted molar refractivity (Wildman–Crippen MR) is 102 cm³/mol. The Labute approximate surface area is 153 Å². The van der Waals surface area contributed by atoms with Gasteiger partial charge in [0.1, 0.15) is 17.3 Å². The maximum atomic E-state index is 13.2. The van der Waals surface area contributed by atoms with Crippen molar-refractivity contribution in [2.24, 2.45) is 0 Å². The van der Waals surface area contributed by atoms with Crippen molar-refractivity contribution in [1.82, 2.24) is 0 Å². The lowest BCUT2D eigenvalue weighted by molar-refractivity contribution is 0.254. The van der Waals surface area contributed by atoms with Crippen LogP contribution in [0.1, 0.15) is 5.56 Å². The van der Waals surface area contributed by atoms with Gasteiger partial charge in [-0.15, -0.1) is 0 Å². The molecule has 5 heteroatoms. The summed E-state index contributed by atoms with van der Waals surface area (Å²) in [6, 6.07) is 27.2. The van der Waals surface area contributed by atoms with E-state index in [9.17, 15) is 4.57 Å². The predicted octanol–water partition coefficient (Wildman–Crippen LogP) is 6.03. The fourth-order valence-corrected chi connectivity index (χ4v) is 3.54. The van der Waals surface area contributed by atoms with Crippen molar-refractivity contribution in [2.75, 3.05) is 0 Å². The Hall–Kier alpha value is -2.97. The summed E-state index contributed by atoms with van der Waals surface area (Å²) in [7, 11) is -3.96. The van der Waals surface area contributed by atoms with Gasteiger partial charge in [0.05, 0.1) is 0 Å². The van der Waals surface area contributed by atoms with Crippen LogP contribution in [0.3, 0.4) is 0 Å². The minimum absolute atomic E-state index is 0.298. The summed E-state index contributed by atoms with van der Waals surface area (Å²) in [5.41, 5.74) is 0.989. The van der Waals surface area contributed by atoms with Crippen LogP contribution < -0.4 is 9.05 Å². The third-order valence-corrected chi connectivity index (χ3v) is 4.76. The van der Waals surface area contributed by atoms with E-state index >= 15 is 0 Å². The highest BCUT2D eigenvalue weighted by molar-refractivity contribution is 7.49. The molecule has 0 aliphatic carbocycles. The van der Waals surface area contributed by atoms with Gasteiger partial charge in [-0.25, -0.2) is 0 Å². The molecule has 0 saturated carbocycles. The van der Waals surface area contributed by atoms with Crippen LogP contribution in [-0.2, 0) is 15.5 Å². The number of phosphoric ester groups is 1. The first-order valence-corrected chi connectivity index (χ1v) is 9.60. The lowest BCUT2D eigenvalue weighted by Gasteiger charge is -2.20. The molecule has 0 spiro atoms. The van der Waals surface area contributed by atoms with Gasteiger partial charge in [-0.1, -0.05) is 73.3 Å². The normalized spacial score (nSPS) is 10.8. The number of benzene rings is 3. The van der Waals surface area contributed by atoms with Gasteiger partial charge in [0.2, 0.25) is 0 Å². The second kappa shape index (κ2) is 8.41. The van der Waals surface area contributed by atoms with E-state index in [1.165, 1.54) is 0 Å². The fraction of sp³-hybridized carbons (Fsp3) is 0.0476. The summed E-state index contributed by atoms with van der Waals surface area (Å²) in [5, 5.41) is 0. The van der Waals surface area contributed by atoms with Gasteiger partial charge in [0, 0.05) is 6.42 Å². The molecule has 0 aliphatic heterocycles. The quantitative estimate of drug-likeness (QED) is 0.361. The summed E-state index contributed by atoms with van der Waals surface area (Å²) in [6.45, 7) is 3.86. The van der Waals surface area contributed by atoms with E-state index in [0.717, 1.165) is 5.56 Å². The molecule has 0 amide bonds. The topological polar surface area (TPSA) is 44.8 Å². The molecule has 0 bridgehead atoms. The van der Waals surface area contributed by atoms with Crippen molar-refractivity contribution in [3.63, 3.8) is 0 Å². The van der Waals surface area contributed by atoms with Gasteiger partial charge >= 0.3 is 7.82 Å². The molecular formula is C21H19O4P. The fourth-order valence-electron chi connectivity index (χ4n) is 2.29. The maximum Gasteiger partial charge on any atom is 0.646 e. The molecule has 4 nitrogen and oxygen atoms in total. The van der Waals surface area contributed by atoms with E-state index in [2.05, 4.69) is 6.58 Å². The van der Waals surface area contributed by atoms with Gasteiger partial charge in [0.25, 0.3) is 0 Å². The van der Waals surface area contributed by atoms with E-state index in [1.807, 2.05) is 42.5 Å². The molecule has 0 unspecified atom stereocenters. The van der Waals surface area contributed by atoms with Gasteiger partial charge < -0.3 is 13.6 Å². The third-order valence-electron chi connectivity index (χ3n) is 3.41. The van der Waals surface area contributed by atoms with Crippen LogP contribution in [0.15, 0.2) is 103 Å². The highest BCUT2D eigenvalue weighted by atomic mass is 31.2. The second-order valence-corrected chi connectivity index (χ2v) is 6.99. The number of para-hydroxylation sites is 2. The van der Waals surface area contributed by atoms with Crippen LogP contribution in [-0.4, -0.2) is 0 Å². The molecule has 0 fully saturated rings. The zero-order valence-corrected chi connectivity index (χ0v) is 15.0. The first-order chi connectivity index (χ1) is 12.6. The molecule has 0 heterocycles. The van der Waals surface area contributed by atoms with E-state index in [0.29, 0.717) is 23.7 Å². The number of rotatable bonds is 8. The largest absolute Gasteiger partial charge is 0.646 e. The number of hydrogen-bond acceptors (Lipinski definition) is 4. The van der Waals surface area contributed by atoms with E-state index in [-0.39, 0.29) is 0 Å². The van der Waals surface area contributed by atoms with Crippen LogP contribution in [0.25, 0.3) is 0 Å². The summed E-state index contributed by atoms with van der Waals surface area (Å²) in [6.07, 6.45) is 0.404. The highest BCUT2D eigenvalue weighted by Gasteiger charge is 2.33. The van der Waals surface area contributed by atoms with Gasteiger partial charge in [0.15, 0.2) is 0 Å². The van der Waals surface area contributed by atoms with E-state index < -0.39 is 7.82 Å². The molecule has 26 heavy (non-hydrogen) atoms. The molecule has 3 aromatic carbocycles. The van der Waals surface area contributed by atoms with Crippen LogP contribution in [0.5, 0.6) is 11.5 Å². The van der Waals surface area contributed by atoms with Gasteiger partial charge in [-0.2, -0.15) is 4.57 Å². The van der Waals surface area contributed by atoms with Gasteiger partial charge in [-0.05, 0) is 29.8 Å². The Morgan fingerprint density at radius 1 is 0.731 bits per heavy atom. The Morgan fingerprint density at radius 3 is 1.62 bits per heavy atom. The zero-order valence-electron chi connectivity index (χ0n) is 14.2. The molecule has 132 valence electrons. The number of hydrogen-bond donors (Lipinski definition) is 0. The second-order valence-electron chi connectivity index (χ2n) is 5.55. The van der Waals surface area contributed by atoms with Crippen molar-refractivity contribution in [2.45, 2.75) is 6.42 Å². The molecule has 0 aromatic heterocycles. The molecule has 0 radical (unpaired) electrons. The average molecular weight is 366 g/mol. The lowest BCUT2D eigenvalue weighted by Crippen LogP contribution is -2.06. The lowest BCUT2D eigenvalue weighted by atomic mass is 10.1. The molecular weight excluding hydrogens is 347 g/mol. The Bertz CT molecular complexity index is 834. The summed E-state index contributed by atoms with van der Waals surface area (Å²) in [4.78, 5) is 0. The molecule has 3 rings (SSSR count). The summed E-state index contributed by atoms with van der Waals surface area (Å²) in [5.74, 6) is 1.07. The molecule has 0 atom stereocenters. The summed E-state index contributed by atoms with van der Waals surface area (Å²) >= 11 is 0. The van der Waals surface area contributed by atoms with Crippen molar-refractivity contribution in [3.05, 3.63) is 109 Å². The van der Waals surface area contributed by atoms with Crippen LogP contribution in [0.4, 0.5) is 0 Å². The molecule has 0 N–H and O–H groups in total. The van der Waals surface area contributed by atoms with E-state index in [1.54, 1.807) is 48.5 Å². The van der Waals surface area contributed by atoms with Crippen molar-refractivity contribution >= 4 is 7.82 Å². The Morgan fingerprint density at radius 2 is 1.15 bits per heavy atom. The minimum atomic E-state index is -3.96. The summed E-state index contributed by atoms with van der Waals surface area (Å²) < 4.78 is 29.9. The van der Waals surface area contributed by atoms with Crippen LogP contribution in [0.2, 0.25) is 0 Å². The first-order valence-electron chi connectivity index (χ1n) is 8.14. The van der Waals surface area contributed by atoms with Crippen molar-refractivity contribution in [1.29, 1.82) is 0 Å². The molecule has 0 aliphatic rings. The smallest absolute Gasteiger partial charge is 0.391 e. The Kier molecular flexibility index (Phi) is 5.77. The van der Waals surface area contributed by atoms with Crippen molar-refractivity contribution < 1.29 is 18.1 Å². The average Bonchev–Trinajstić information content (AvgIpc) is 2.63. The van der Waals surface area contributed by atoms with Crippen LogP contribution in [0, 0.1) is 0 Å². The minimum Gasteiger partial charge on any atom is -0.391 e. The van der Waals surface area contributed by atoms with Crippen molar-refractivity contribution in [3.8, 4) is 11.5 Å². The first kappa shape index (κ1) is 17.8. The zero-order chi connectivity index (χ0) is 18.2. The maximum absolute atomic E-state index is 13.2.